The minimum atomic E-state index is -3.83. The van der Waals surface area contributed by atoms with Crippen LogP contribution in [-0.4, -0.2) is 32.7 Å². The average Bonchev–Trinajstić information content (AvgIpc) is 2.83. The zero-order valence-corrected chi connectivity index (χ0v) is 19.8. The van der Waals surface area contributed by atoms with Gasteiger partial charge in [-0.15, -0.1) is 0 Å². The highest BCUT2D eigenvalue weighted by atomic mass is 32.2. The molecule has 3 aromatic rings. The Hall–Kier alpha value is -4.38. The van der Waals surface area contributed by atoms with Crippen LogP contribution in [0, 0.1) is 0 Å². The van der Waals surface area contributed by atoms with Gasteiger partial charge in [0.15, 0.2) is 0 Å². The van der Waals surface area contributed by atoms with Crippen LogP contribution < -0.4 is 25.6 Å². The molecule has 35 heavy (non-hydrogen) atoms. The van der Waals surface area contributed by atoms with Crippen molar-refractivity contribution in [3.63, 3.8) is 0 Å². The maximum Gasteiger partial charge on any atom is 0.269 e. The lowest BCUT2D eigenvalue weighted by Gasteiger charge is -2.11. The third kappa shape index (κ3) is 7.05. The largest absolute Gasteiger partial charge is 0.494 e. The summed E-state index contributed by atoms with van der Waals surface area (Å²) in [7, 11) is -3.83. The molecule has 0 atom stereocenters. The number of nitrogens with one attached hydrogen (secondary N) is 4. The fraction of sp³-hybridized carbons (Fsp3) is 0.125. The Morgan fingerprint density at radius 2 is 1.23 bits per heavy atom. The number of benzene rings is 3. The van der Waals surface area contributed by atoms with Gasteiger partial charge in [-0.3, -0.25) is 30.0 Å². The summed E-state index contributed by atoms with van der Waals surface area (Å²) in [6, 6.07) is 17.8. The van der Waals surface area contributed by atoms with Crippen LogP contribution in [0.4, 0.5) is 11.4 Å². The van der Waals surface area contributed by atoms with Crippen LogP contribution in [0.3, 0.4) is 0 Å². The molecule has 10 nitrogen and oxygen atoms in total. The Balaban J connectivity index is 1.56. The minimum absolute atomic E-state index is 0.0654. The Labute approximate surface area is 202 Å². The number of anilines is 2. The van der Waals surface area contributed by atoms with Gasteiger partial charge in [0.05, 0.1) is 11.5 Å². The number of hydrogen-bond acceptors (Lipinski definition) is 6. The average molecular weight is 497 g/mol. The van der Waals surface area contributed by atoms with Crippen molar-refractivity contribution in [1.82, 2.24) is 10.9 Å². The first-order chi connectivity index (χ1) is 16.7. The van der Waals surface area contributed by atoms with Crippen LogP contribution in [0.25, 0.3) is 0 Å². The van der Waals surface area contributed by atoms with Gasteiger partial charge < -0.3 is 10.1 Å². The van der Waals surface area contributed by atoms with Gasteiger partial charge in [0.25, 0.3) is 21.8 Å². The molecule has 0 radical (unpaired) electrons. The van der Waals surface area contributed by atoms with Crippen LogP contribution in [0.1, 0.15) is 34.6 Å². The molecule has 182 valence electrons. The number of ether oxygens (including phenoxy) is 1. The van der Waals surface area contributed by atoms with Crippen molar-refractivity contribution >= 4 is 39.1 Å². The summed E-state index contributed by atoms with van der Waals surface area (Å²) in [5.41, 5.74) is 5.87. The molecule has 11 heteroatoms. The lowest BCUT2D eigenvalue weighted by molar-refractivity contribution is -0.114. The van der Waals surface area contributed by atoms with Gasteiger partial charge in [0, 0.05) is 29.4 Å². The predicted molar refractivity (Wildman–Crippen MR) is 131 cm³/mol. The molecule has 0 saturated carbocycles. The van der Waals surface area contributed by atoms with E-state index in [-0.39, 0.29) is 27.6 Å². The highest BCUT2D eigenvalue weighted by Crippen LogP contribution is 2.20. The maximum atomic E-state index is 12.6. The number of carbonyl (C=O) groups excluding carboxylic acids is 3. The molecule has 3 rings (SSSR count). The van der Waals surface area contributed by atoms with Crippen LogP contribution in [0.2, 0.25) is 0 Å². The van der Waals surface area contributed by atoms with E-state index in [9.17, 15) is 22.8 Å². The molecule has 0 fully saturated rings. The zero-order valence-electron chi connectivity index (χ0n) is 19.0. The molecule has 0 unspecified atom stereocenters. The van der Waals surface area contributed by atoms with E-state index in [4.69, 9.17) is 4.74 Å². The SMILES string of the molecule is CCOc1ccc(S(=O)(=O)Nc2ccc(C(=O)NNC(=O)c3ccc(NC(C)=O)cc3)cc2)cc1. The third-order valence-electron chi connectivity index (χ3n) is 4.60. The van der Waals surface area contributed by atoms with Crippen LogP contribution in [0.15, 0.2) is 77.7 Å². The molecule has 0 spiro atoms. The number of hydrogen-bond donors (Lipinski definition) is 4. The van der Waals surface area contributed by atoms with E-state index >= 15 is 0 Å². The lowest BCUT2D eigenvalue weighted by atomic mass is 10.2. The molecule has 3 aromatic carbocycles. The number of sulfonamides is 1. The highest BCUT2D eigenvalue weighted by Gasteiger charge is 2.15. The van der Waals surface area contributed by atoms with Gasteiger partial charge in [-0.05, 0) is 79.7 Å². The fourth-order valence-electron chi connectivity index (χ4n) is 2.95. The summed E-state index contributed by atoms with van der Waals surface area (Å²) in [6.07, 6.45) is 0. The molecule has 0 bridgehead atoms. The summed E-state index contributed by atoms with van der Waals surface area (Å²) < 4.78 is 32.9. The lowest BCUT2D eigenvalue weighted by Crippen LogP contribution is -2.41. The summed E-state index contributed by atoms with van der Waals surface area (Å²) in [6.45, 7) is 3.68. The molecule has 4 N–H and O–H groups in total. The van der Waals surface area contributed by atoms with Gasteiger partial charge in [-0.2, -0.15) is 0 Å². The third-order valence-corrected chi connectivity index (χ3v) is 6.00. The van der Waals surface area contributed by atoms with E-state index < -0.39 is 21.8 Å². The van der Waals surface area contributed by atoms with Crippen molar-refractivity contribution < 1.29 is 27.5 Å². The van der Waals surface area contributed by atoms with Gasteiger partial charge in [0.1, 0.15) is 5.75 Å². The molecule has 0 aliphatic heterocycles. The van der Waals surface area contributed by atoms with E-state index in [0.29, 0.717) is 18.0 Å². The molecule has 0 aliphatic rings. The standard InChI is InChI=1S/C24H24N4O6S/c1-3-34-21-12-14-22(15-13-21)35(32,33)28-20-10-6-18(7-11-20)24(31)27-26-23(30)17-4-8-19(9-5-17)25-16(2)29/h4-15,28H,3H2,1-2H3,(H,25,29)(H,26,30)(H,27,31). The second-order valence-electron chi connectivity index (χ2n) is 7.25. The topological polar surface area (TPSA) is 143 Å². The molecular weight excluding hydrogens is 472 g/mol. The Bertz CT molecular complexity index is 1310. The van der Waals surface area contributed by atoms with Gasteiger partial charge in [-0.25, -0.2) is 8.42 Å². The minimum Gasteiger partial charge on any atom is -0.494 e. The highest BCUT2D eigenvalue weighted by molar-refractivity contribution is 7.92. The molecule has 0 saturated heterocycles. The zero-order chi connectivity index (χ0) is 25.4. The van der Waals surface area contributed by atoms with E-state index in [2.05, 4.69) is 20.9 Å². The second kappa shape index (κ2) is 11.2. The summed E-state index contributed by atoms with van der Waals surface area (Å²) in [4.78, 5) is 35.7. The second-order valence-corrected chi connectivity index (χ2v) is 8.94. The number of amides is 3. The van der Waals surface area contributed by atoms with Crippen molar-refractivity contribution in [2.45, 2.75) is 18.7 Å². The maximum absolute atomic E-state index is 12.6. The van der Waals surface area contributed by atoms with Crippen molar-refractivity contribution in [3.8, 4) is 5.75 Å². The summed E-state index contributed by atoms with van der Waals surface area (Å²) in [5, 5.41) is 2.59. The van der Waals surface area contributed by atoms with E-state index in [1.165, 1.54) is 55.5 Å². The first-order valence-corrected chi connectivity index (χ1v) is 12.0. The van der Waals surface area contributed by atoms with E-state index in [1.807, 2.05) is 6.92 Å². The molecular formula is C24H24N4O6S. The molecule has 0 aromatic heterocycles. The Morgan fingerprint density at radius 3 is 1.69 bits per heavy atom. The van der Waals surface area contributed by atoms with Crippen molar-refractivity contribution in [3.05, 3.63) is 83.9 Å². The van der Waals surface area contributed by atoms with E-state index in [1.54, 1.807) is 24.3 Å². The van der Waals surface area contributed by atoms with Crippen molar-refractivity contribution in [2.75, 3.05) is 16.6 Å². The molecule has 0 aliphatic carbocycles. The normalized spacial score (nSPS) is 10.7. The van der Waals surface area contributed by atoms with Gasteiger partial charge in [0.2, 0.25) is 5.91 Å². The summed E-state index contributed by atoms with van der Waals surface area (Å²) >= 11 is 0. The quantitative estimate of drug-likeness (QED) is 0.353. The summed E-state index contributed by atoms with van der Waals surface area (Å²) in [5.74, 6) is -0.804. The predicted octanol–water partition coefficient (Wildman–Crippen LogP) is 2.92. The van der Waals surface area contributed by atoms with Gasteiger partial charge >= 0.3 is 0 Å². The number of hydrazine groups is 1. The fourth-order valence-corrected chi connectivity index (χ4v) is 4.01. The van der Waals surface area contributed by atoms with Crippen LogP contribution in [0.5, 0.6) is 5.75 Å². The van der Waals surface area contributed by atoms with Gasteiger partial charge in [-0.1, -0.05) is 0 Å². The monoisotopic (exact) mass is 496 g/mol. The van der Waals surface area contributed by atoms with Crippen molar-refractivity contribution in [1.29, 1.82) is 0 Å². The van der Waals surface area contributed by atoms with E-state index in [0.717, 1.165) is 0 Å². The van der Waals surface area contributed by atoms with Crippen LogP contribution in [-0.2, 0) is 14.8 Å². The smallest absolute Gasteiger partial charge is 0.269 e. The van der Waals surface area contributed by atoms with Crippen molar-refractivity contribution in [2.24, 2.45) is 0 Å². The molecule has 0 heterocycles. The number of carbonyl (C=O) groups is 3. The Kier molecular flexibility index (Phi) is 8.05. The van der Waals surface area contributed by atoms with Crippen LogP contribution >= 0.6 is 0 Å². The Morgan fingerprint density at radius 1 is 0.743 bits per heavy atom. The first-order valence-electron chi connectivity index (χ1n) is 10.5. The number of rotatable bonds is 8. The first kappa shape index (κ1) is 25.2. The molecule has 3 amide bonds.